The summed E-state index contributed by atoms with van der Waals surface area (Å²) in [6, 6.07) is 6.39. The Morgan fingerprint density at radius 3 is 2.60 bits per heavy atom. The fourth-order valence-electron chi connectivity index (χ4n) is 2.50. The molecule has 0 aliphatic heterocycles. The number of carbonyl (C=O) groups excluding carboxylic acids is 1. The molecular formula is C17H22Cl2FN3OS. The zero-order valence-electron chi connectivity index (χ0n) is 13.8. The van der Waals surface area contributed by atoms with Crippen LogP contribution in [0.2, 0.25) is 0 Å². The molecule has 1 fully saturated rings. The van der Waals surface area contributed by atoms with E-state index < -0.39 is 0 Å². The van der Waals surface area contributed by atoms with Crippen molar-refractivity contribution in [3.63, 3.8) is 0 Å². The molecule has 25 heavy (non-hydrogen) atoms. The first-order valence-corrected chi connectivity index (χ1v) is 8.59. The molecule has 0 bridgehead atoms. The zero-order chi connectivity index (χ0) is 16.4. The van der Waals surface area contributed by atoms with E-state index in [1.807, 2.05) is 6.92 Å². The summed E-state index contributed by atoms with van der Waals surface area (Å²) in [4.78, 5) is 17.4. The van der Waals surface area contributed by atoms with Gasteiger partial charge in [0.05, 0.1) is 10.7 Å². The highest BCUT2D eigenvalue weighted by atomic mass is 35.5. The number of nitrogens with one attached hydrogen (secondary N) is 1. The molecule has 1 aliphatic rings. The monoisotopic (exact) mass is 405 g/mol. The van der Waals surface area contributed by atoms with Gasteiger partial charge in [-0.1, -0.05) is 12.1 Å². The Kier molecular flexibility index (Phi) is 8.28. The number of carbonyl (C=O) groups is 1. The number of thiazole rings is 1. The smallest absolute Gasteiger partial charge is 0.263 e. The fourth-order valence-corrected chi connectivity index (χ4v) is 3.51. The maximum atomic E-state index is 12.9. The summed E-state index contributed by atoms with van der Waals surface area (Å²) in [5, 5.41) is 3.75. The Balaban J connectivity index is 0.00000156. The highest BCUT2D eigenvalue weighted by Gasteiger charge is 2.28. The molecule has 138 valence electrons. The molecule has 2 aromatic rings. The van der Waals surface area contributed by atoms with Crippen molar-refractivity contribution in [2.24, 2.45) is 11.7 Å². The average Bonchev–Trinajstić information content (AvgIpc) is 3.31. The lowest BCUT2D eigenvalue weighted by Gasteiger charge is -2.10. The lowest BCUT2D eigenvalue weighted by molar-refractivity contribution is 0.0953. The van der Waals surface area contributed by atoms with Crippen LogP contribution in [0.4, 0.5) is 4.39 Å². The average molecular weight is 406 g/mol. The second-order valence-corrected chi connectivity index (χ2v) is 7.12. The van der Waals surface area contributed by atoms with Crippen molar-refractivity contribution in [2.75, 3.05) is 6.54 Å². The summed E-state index contributed by atoms with van der Waals surface area (Å²) in [6.07, 6.45) is 2.93. The Bertz CT molecular complexity index is 704. The number of amides is 1. The maximum Gasteiger partial charge on any atom is 0.263 e. The molecule has 1 aromatic carbocycles. The van der Waals surface area contributed by atoms with Gasteiger partial charge < -0.3 is 11.1 Å². The molecule has 1 atom stereocenters. The van der Waals surface area contributed by atoms with Gasteiger partial charge in [0.1, 0.15) is 10.7 Å². The number of halogens is 3. The predicted molar refractivity (Wildman–Crippen MR) is 104 cm³/mol. The van der Waals surface area contributed by atoms with Crippen LogP contribution in [0, 0.1) is 18.7 Å². The van der Waals surface area contributed by atoms with Gasteiger partial charge in [-0.05, 0) is 43.4 Å². The summed E-state index contributed by atoms with van der Waals surface area (Å²) in [7, 11) is 0. The third kappa shape index (κ3) is 5.92. The van der Waals surface area contributed by atoms with E-state index in [0.29, 0.717) is 23.8 Å². The largest absolute Gasteiger partial charge is 0.350 e. The van der Waals surface area contributed by atoms with Crippen LogP contribution in [-0.2, 0) is 6.42 Å². The molecule has 8 heteroatoms. The van der Waals surface area contributed by atoms with E-state index in [1.54, 1.807) is 12.1 Å². The highest BCUT2D eigenvalue weighted by molar-refractivity contribution is 7.13. The van der Waals surface area contributed by atoms with Crippen molar-refractivity contribution in [2.45, 2.75) is 32.2 Å². The number of aryl methyl sites for hydroxylation is 1. The van der Waals surface area contributed by atoms with Crippen LogP contribution in [-0.4, -0.2) is 23.5 Å². The van der Waals surface area contributed by atoms with Gasteiger partial charge in [0.25, 0.3) is 5.91 Å². The zero-order valence-corrected chi connectivity index (χ0v) is 16.3. The second-order valence-electron chi connectivity index (χ2n) is 6.04. The number of rotatable bonds is 6. The minimum Gasteiger partial charge on any atom is -0.350 e. The highest BCUT2D eigenvalue weighted by Crippen LogP contribution is 2.31. The number of hydrogen-bond acceptors (Lipinski definition) is 4. The molecule has 1 saturated carbocycles. The summed E-state index contributed by atoms with van der Waals surface area (Å²) < 4.78 is 12.9. The summed E-state index contributed by atoms with van der Waals surface area (Å²) in [6.45, 7) is 2.34. The third-order valence-electron chi connectivity index (χ3n) is 4.04. The van der Waals surface area contributed by atoms with E-state index in [0.717, 1.165) is 16.3 Å². The Morgan fingerprint density at radius 2 is 2.00 bits per heavy atom. The molecule has 3 rings (SSSR count). The van der Waals surface area contributed by atoms with Gasteiger partial charge in [-0.2, -0.15) is 0 Å². The van der Waals surface area contributed by atoms with E-state index in [4.69, 9.17) is 5.73 Å². The Morgan fingerprint density at radius 1 is 1.36 bits per heavy atom. The minimum atomic E-state index is -0.254. The Hall–Kier alpha value is -1.21. The van der Waals surface area contributed by atoms with Crippen molar-refractivity contribution in [1.82, 2.24) is 10.3 Å². The van der Waals surface area contributed by atoms with Gasteiger partial charge in [-0.25, -0.2) is 9.37 Å². The van der Waals surface area contributed by atoms with Crippen LogP contribution in [0.15, 0.2) is 24.3 Å². The topological polar surface area (TPSA) is 68.0 Å². The molecule has 1 aromatic heterocycles. The molecule has 1 heterocycles. The molecule has 0 saturated heterocycles. The quantitative estimate of drug-likeness (QED) is 0.772. The molecule has 1 amide bonds. The summed E-state index contributed by atoms with van der Waals surface area (Å²) in [5.41, 5.74) is 7.71. The molecule has 4 nitrogen and oxygen atoms in total. The van der Waals surface area contributed by atoms with Gasteiger partial charge in [0.15, 0.2) is 0 Å². The molecule has 3 N–H and O–H groups in total. The van der Waals surface area contributed by atoms with Crippen LogP contribution < -0.4 is 11.1 Å². The van der Waals surface area contributed by atoms with Crippen molar-refractivity contribution in [3.8, 4) is 0 Å². The first kappa shape index (κ1) is 21.8. The predicted octanol–water partition coefficient (Wildman–Crippen LogP) is 3.49. The lowest BCUT2D eigenvalue weighted by Crippen LogP contribution is -2.38. The van der Waals surface area contributed by atoms with Crippen molar-refractivity contribution in [1.29, 1.82) is 0 Å². The van der Waals surface area contributed by atoms with E-state index in [2.05, 4.69) is 10.3 Å². The summed E-state index contributed by atoms with van der Waals surface area (Å²) in [5.74, 6) is 0.199. The van der Waals surface area contributed by atoms with Gasteiger partial charge in [0, 0.05) is 19.0 Å². The van der Waals surface area contributed by atoms with Crippen LogP contribution >= 0.6 is 36.2 Å². The Labute approximate surface area is 163 Å². The summed E-state index contributed by atoms with van der Waals surface area (Å²) >= 11 is 1.38. The van der Waals surface area contributed by atoms with E-state index >= 15 is 0 Å². The van der Waals surface area contributed by atoms with Crippen molar-refractivity contribution < 1.29 is 9.18 Å². The molecule has 1 unspecified atom stereocenters. The SMILES string of the molecule is Cc1nc(Cc2ccc(F)cc2)sc1C(=O)NCC(N)C1CC1.Cl.Cl. The number of nitrogens with two attached hydrogens (primary N) is 1. The minimum absolute atomic E-state index is 0. The first-order valence-electron chi connectivity index (χ1n) is 7.77. The first-order chi connectivity index (χ1) is 11.0. The maximum absolute atomic E-state index is 12.9. The number of nitrogens with zero attached hydrogens (tertiary/aromatic N) is 1. The molecule has 0 radical (unpaired) electrons. The van der Waals surface area contributed by atoms with Crippen LogP contribution in [0.25, 0.3) is 0 Å². The van der Waals surface area contributed by atoms with E-state index in [1.165, 1.54) is 36.3 Å². The van der Waals surface area contributed by atoms with Crippen molar-refractivity contribution in [3.05, 3.63) is 51.2 Å². The van der Waals surface area contributed by atoms with Crippen LogP contribution in [0.5, 0.6) is 0 Å². The van der Waals surface area contributed by atoms with Gasteiger partial charge in [0.2, 0.25) is 0 Å². The fraction of sp³-hybridized carbons (Fsp3) is 0.412. The van der Waals surface area contributed by atoms with Gasteiger partial charge in [-0.3, -0.25) is 4.79 Å². The van der Waals surface area contributed by atoms with Crippen LogP contribution in [0.3, 0.4) is 0 Å². The number of hydrogen-bond donors (Lipinski definition) is 2. The van der Waals surface area contributed by atoms with Gasteiger partial charge in [-0.15, -0.1) is 36.2 Å². The lowest BCUT2D eigenvalue weighted by atomic mass is 10.1. The standard InChI is InChI=1S/C17H20FN3OS.2ClH/c1-10-16(17(22)20-9-14(19)12-4-5-12)23-15(21-10)8-11-2-6-13(18)7-3-11;;/h2-3,6-7,12,14H,4-5,8-9,19H2,1H3,(H,20,22);2*1H. The third-order valence-corrected chi connectivity index (χ3v) is 5.20. The van der Waals surface area contributed by atoms with Crippen LogP contribution in [0.1, 0.15) is 38.8 Å². The molecule has 1 aliphatic carbocycles. The van der Waals surface area contributed by atoms with Gasteiger partial charge >= 0.3 is 0 Å². The number of benzene rings is 1. The van der Waals surface area contributed by atoms with Crippen molar-refractivity contribution >= 4 is 42.1 Å². The molecule has 0 spiro atoms. The van der Waals surface area contributed by atoms with E-state index in [9.17, 15) is 9.18 Å². The van der Waals surface area contributed by atoms with E-state index in [-0.39, 0.29) is 42.6 Å². The normalized spacial score (nSPS) is 14.2. The second kappa shape index (κ2) is 9.48. The number of aromatic nitrogens is 1. The molecular weight excluding hydrogens is 384 g/mol.